The molecule has 0 saturated heterocycles. The summed E-state index contributed by atoms with van der Waals surface area (Å²) in [6.07, 6.45) is 0. The largest absolute Gasteiger partial charge is 0.308 e. The van der Waals surface area contributed by atoms with Gasteiger partial charge in [0, 0.05) is 49.1 Å². The second-order valence-electron chi connectivity index (χ2n) is 14.3. The second kappa shape index (κ2) is 9.78. The second-order valence-corrected chi connectivity index (χ2v) is 14.3. The first-order valence-corrected chi connectivity index (χ1v) is 18.2. The van der Waals surface area contributed by atoms with Crippen molar-refractivity contribution in [2.24, 2.45) is 0 Å². The Morgan fingerprint density at radius 1 is 0.377 bits per heavy atom. The third-order valence-electron chi connectivity index (χ3n) is 11.7. The molecular formula is C49H28N4. The first-order chi connectivity index (χ1) is 26.3. The highest BCUT2D eigenvalue weighted by atomic mass is 15.2. The lowest BCUT2D eigenvalue weighted by molar-refractivity contribution is 1.26. The van der Waals surface area contributed by atoms with Gasteiger partial charge < -0.3 is 9.30 Å². The van der Waals surface area contributed by atoms with Crippen molar-refractivity contribution in [2.75, 3.05) is 4.90 Å². The minimum Gasteiger partial charge on any atom is -0.308 e. The van der Waals surface area contributed by atoms with Gasteiger partial charge in [0.25, 0.3) is 0 Å². The van der Waals surface area contributed by atoms with E-state index in [1.54, 1.807) is 0 Å². The van der Waals surface area contributed by atoms with Gasteiger partial charge in [-0.25, -0.2) is 4.98 Å². The number of nitrogens with zero attached hydrogens (tertiary/aromatic N) is 4. The third kappa shape index (κ3) is 3.39. The van der Waals surface area contributed by atoms with Gasteiger partial charge in [0.2, 0.25) is 0 Å². The number of rotatable bonds is 3. The zero-order chi connectivity index (χ0) is 34.4. The van der Waals surface area contributed by atoms with Gasteiger partial charge in [-0.15, -0.1) is 0 Å². The number of para-hydroxylation sites is 4. The van der Waals surface area contributed by atoms with Crippen molar-refractivity contribution in [3.05, 3.63) is 170 Å². The van der Waals surface area contributed by atoms with E-state index < -0.39 is 0 Å². The molecule has 0 aliphatic heterocycles. The lowest BCUT2D eigenvalue weighted by Gasteiger charge is -2.26. The highest BCUT2D eigenvalue weighted by Gasteiger charge is 2.27. The van der Waals surface area contributed by atoms with Gasteiger partial charge >= 0.3 is 0 Å². The van der Waals surface area contributed by atoms with Gasteiger partial charge in [0.15, 0.2) is 0 Å². The third-order valence-corrected chi connectivity index (χ3v) is 11.7. The van der Waals surface area contributed by atoms with Gasteiger partial charge in [-0.3, -0.25) is 4.40 Å². The van der Waals surface area contributed by atoms with E-state index in [0.717, 1.165) is 33.7 Å². The van der Waals surface area contributed by atoms with Gasteiger partial charge in [0.1, 0.15) is 5.65 Å². The fraction of sp³-hybridized carbons (Fsp3) is 0. The Labute approximate surface area is 302 Å². The maximum atomic E-state index is 5.73. The molecule has 4 heteroatoms. The molecule has 0 fully saturated rings. The molecule has 0 aliphatic rings. The summed E-state index contributed by atoms with van der Waals surface area (Å²) < 4.78 is 4.94. The first-order valence-electron chi connectivity index (χ1n) is 18.2. The molecule has 8 aromatic carbocycles. The summed E-state index contributed by atoms with van der Waals surface area (Å²) in [7, 11) is 0. The van der Waals surface area contributed by atoms with E-state index in [1.165, 1.54) is 81.3 Å². The Balaban J connectivity index is 1.27. The number of hydrogen-bond acceptors (Lipinski definition) is 2. The number of anilines is 3. The van der Waals surface area contributed by atoms with Crippen LogP contribution in [0.25, 0.3) is 98.0 Å². The van der Waals surface area contributed by atoms with E-state index in [2.05, 4.69) is 184 Å². The smallest absolute Gasteiger partial charge is 0.146 e. The molecule has 53 heavy (non-hydrogen) atoms. The van der Waals surface area contributed by atoms with Crippen LogP contribution in [-0.2, 0) is 0 Å². The lowest BCUT2D eigenvalue weighted by atomic mass is 10.00. The summed E-state index contributed by atoms with van der Waals surface area (Å²) >= 11 is 0. The molecule has 0 unspecified atom stereocenters. The summed E-state index contributed by atoms with van der Waals surface area (Å²) in [4.78, 5) is 8.13. The highest BCUT2D eigenvalue weighted by Crippen LogP contribution is 2.49. The van der Waals surface area contributed by atoms with Crippen LogP contribution in [0.1, 0.15) is 0 Å². The van der Waals surface area contributed by atoms with Crippen molar-refractivity contribution in [1.29, 1.82) is 0 Å². The lowest BCUT2D eigenvalue weighted by Crippen LogP contribution is -2.10. The van der Waals surface area contributed by atoms with E-state index in [1.807, 2.05) is 0 Å². The van der Waals surface area contributed by atoms with Crippen LogP contribution in [0.5, 0.6) is 0 Å². The van der Waals surface area contributed by atoms with Gasteiger partial charge in [-0.1, -0.05) is 115 Å². The Kier molecular flexibility index (Phi) is 5.08. The summed E-state index contributed by atoms with van der Waals surface area (Å²) in [6, 6.07) is 61.9. The van der Waals surface area contributed by atoms with Crippen molar-refractivity contribution in [3.8, 4) is 0 Å². The molecular weight excluding hydrogens is 645 g/mol. The van der Waals surface area contributed by atoms with E-state index in [-0.39, 0.29) is 0 Å². The fourth-order valence-electron chi connectivity index (χ4n) is 9.60. The summed E-state index contributed by atoms with van der Waals surface area (Å²) in [5.41, 5.74) is 11.4. The van der Waals surface area contributed by atoms with Crippen LogP contribution in [-0.4, -0.2) is 13.8 Å². The minimum absolute atomic E-state index is 1.01. The van der Waals surface area contributed by atoms with Crippen LogP contribution in [0.3, 0.4) is 0 Å². The van der Waals surface area contributed by atoms with Gasteiger partial charge in [-0.2, -0.15) is 0 Å². The van der Waals surface area contributed by atoms with Crippen molar-refractivity contribution in [2.45, 2.75) is 0 Å². The Bertz CT molecular complexity index is 3580. The number of aromatic nitrogens is 3. The molecule has 0 N–H and O–H groups in total. The number of pyridine rings is 1. The first kappa shape index (κ1) is 27.5. The molecule has 13 rings (SSSR count). The van der Waals surface area contributed by atoms with Crippen molar-refractivity contribution < 1.29 is 0 Å². The molecule has 0 aliphatic carbocycles. The van der Waals surface area contributed by atoms with E-state index in [9.17, 15) is 0 Å². The monoisotopic (exact) mass is 672 g/mol. The zero-order valence-electron chi connectivity index (χ0n) is 28.5. The molecule has 4 nitrogen and oxygen atoms in total. The number of fused-ring (bicyclic) bond motifs is 16. The zero-order valence-corrected chi connectivity index (χ0v) is 28.5. The maximum Gasteiger partial charge on any atom is 0.146 e. The SMILES string of the molecule is c1ccc(N(c2ccccc2)c2cccc3c4c5ccccc5cc5c6nc7c(cc6n(c23)c54)c2cc3ccccc3c3c4ccccc4n7c23)cc1. The number of hydrogen-bond donors (Lipinski definition) is 0. The van der Waals surface area contributed by atoms with Crippen LogP contribution < -0.4 is 4.90 Å². The van der Waals surface area contributed by atoms with E-state index in [0.29, 0.717) is 0 Å². The average Bonchev–Trinajstić information content (AvgIpc) is 3.94. The van der Waals surface area contributed by atoms with Crippen LogP contribution in [0.15, 0.2) is 170 Å². The molecule has 0 bridgehead atoms. The molecule has 244 valence electrons. The number of benzene rings is 8. The molecule has 0 radical (unpaired) electrons. The maximum absolute atomic E-state index is 5.73. The summed E-state index contributed by atoms with van der Waals surface area (Å²) in [6.45, 7) is 0. The van der Waals surface area contributed by atoms with Crippen molar-refractivity contribution in [3.63, 3.8) is 0 Å². The molecule has 0 amide bonds. The predicted molar refractivity (Wildman–Crippen MR) is 223 cm³/mol. The van der Waals surface area contributed by atoms with Crippen LogP contribution in [0.4, 0.5) is 17.1 Å². The van der Waals surface area contributed by atoms with Crippen LogP contribution >= 0.6 is 0 Å². The van der Waals surface area contributed by atoms with Gasteiger partial charge in [0.05, 0.1) is 38.8 Å². The topological polar surface area (TPSA) is 25.0 Å². The standard InChI is InChI=1S/C49H28N4/c1-3-16-31(17-4-1)51(32-18-5-2-6-19-32)41-25-13-23-36-44-34-21-10-8-15-30(34)27-39-45-42(52(46(36)41)48(39)44)28-38-37-26-29-14-7-9-20-33(29)43-35-22-11-12-24-40(35)53(47(37)43)49(38)50-45/h1-28H. The Hall–Kier alpha value is -7.17. The molecule has 0 saturated carbocycles. The molecule has 0 atom stereocenters. The van der Waals surface area contributed by atoms with Crippen molar-refractivity contribution >= 4 is 115 Å². The minimum atomic E-state index is 1.01. The van der Waals surface area contributed by atoms with Crippen molar-refractivity contribution in [1.82, 2.24) is 13.8 Å². The fourth-order valence-corrected chi connectivity index (χ4v) is 9.60. The molecule has 5 aromatic heterocycles. The van der Waals surface area contributed by atoms with Gasteiger partial charge in [-0.05, 0) is 76.1 Å². The normalized spacial score (nSPS) is 12.5. The predicted octanol–water partition coefficient (Wildman–Crippen LogP) is 13.2. The van der Waals surface area contributed by atoms with E-state index in [4.69, 9.17) is 4.98 Å². The molecule has 0 spiro atoms. The van der Waals surface area contributed by atoms with Crippen LogP contribution in [0.2, 0.25) is 0 Å². The summed E-state index contributed by atoms with van der Waals surface area (Å²) in [5, 5.41) is 13.7. The summed E-state index contributed by atoms with van der Waals surface area (Å²) in [5.74, 6) is 0. The van der Waals surface area contributed by atoms with E-state index >= 15 is 0 Å². The molecule has 5 heterocycles. The average molecular weight is 673 g/mol. The Morgan fingerprint density at radius 3 is 1.66 bits per heavy atom. The Morgan fingerprint density at radius 2 is 0.943 bits per heavy atom. The highest BCUT2D eigenvalue weighted by molar-refractivity contribution is 6.35. The van der Waals surface area contributed by atoms with Crippen LogP contribution in [0, 0.1) is 0 Å². The quantitative estimate of drug-likeness (QED) is 0.187. The molecule has 13 aromatic rings.